The van der Waals surface area contributed by atoms with E-state index >= 15 is 0 Å². The van der Waals surface area contributed by atoms with Crippen molar-refractivity contribution in [3.05, 3.63) is 69.7 Å². The van der Waals surface area contributed by atoms with Crippen LogP contribution in [0.2, 0.25) is 0 Å². The lowest BCUT2D eigenvalue weighted by atomic mass is 9.97. The lowest BCUT2D eigenvalue weighted by Gasteiger charge is -2.17. The fourth-order valence-electron chi connectivity index (χ4n) is 2.21. The van der Waals surface area contributed by atoms with Crippen LogP contribution in [0.1, 0.15) is 22.6 Å². The van der Waals surface area contributed by atoms with Crippen LogP contribution in [0.15, 0.2) is 53.0 Å². The summed E-state index contributed by atoms with van der Waals surface area (Å²) in [5, 5.41) is 0. The molecule has 1 atom stereocenters. The molecular formula is C17H18BrFO. The van der Waals surface area contributed by atoms with E-state index in [0.717, 1.165) is 21.2 Å². The molecule has 0 aliphatic heterocycles. The molecule has 1 nitrogen and oxygen atoms in total. The largest absolute Gasteiger partial charge is 0.376 e. The van der Waals surface area contributed by atoms with Gasteiger partial charge < -0.3 is 4.74 Å². The third-order valence-corrected chi connectivity index (χ3v) is 3.78. The van der Waals surface area contributed by atoms with Crippen molar-refractivity contribution in [1.29, 1.82) is 0 Å². The third kappa shape index (κ3) is 4.15. The fraction of sp³-hybridized carbons (Fsp3) is 0.294. The van der Waals surface area contributed by atoms with E-state index < -0.39 is 6.67 Å². The number of benzene rings is 2. The number of hydrogen-bond acceptors (Lipinski definition) is 1. The van der Waals surface area contributed by atoms with Gasteiger partial charge in [0, 0.05) is 10.4 Å². The van der Waals surface area contributed by atoms with Gasteiger partial charge in [-0.15, -0.1) is 0 Å². The van der Waals surface area contributed by atoms with Crippen molar-refractivity contribution in [2.24, 2.45) is 0 Å². The van der Waals surface area contributed by atoms with E-state index in [4.69, 9.17) is 4.74 Å². The Kier molecular flexibility index (Phi) is 5.74. The number of alkyl halides is 1. The lowest BCUT2D eigenvalue weighted by molar-refractivity contribution is 0.0997. The topological polar surface area (TPSA) is 9.23 Å². The van der Waals surface area contributed by atoms with Crippen LogP contribution in [-0.2, 0) is 11.3 Å². The van der Waals surface area contributed by atoms with Gasteiger partial charge in [-0.2, -0.15) is 0 Å². The van der Waals surface area contributed by atoms with E-state index in [1.54, 1.807) is 0 Å². The molecule has 0 heterocycles. The Morgan fingerprint density at radius 3 is 2.55 bits per heavy atom. The summed E-state index contributed by atoms with van der Waals surface area (Å²) < 4.78 is 19.9. The van der Waals surface area contributed by atoms with E-state index in [1.807, 2.05) is 55.5 Å². The monoisotopic (exact) mass is 336 g/mol. The van der Waals surface area contributed by atoms with Crippen molar-refractivity contribution in [3.8, 4) is 0 Å². The molecule has 0 bridgehead atoms. The zero-order valence-electron chi connectivity index (χ0n) is 11.5. The molecule has 0 unspecified atom stereocenters. The van der Waals surface area contributed by atoms with Crippen molar-refractivity contribution in [2.45, 2.75) is 19.4 Å². The predicted molar refractivity (Wildman–Crippen MR) is 83.7 cm³/mol. The number of hydrogen-bond donors (Lipinski definition) is 0. The Balaban J connectivity index is 1.95. The first kappa shape index (κ1) is 15.2. The molecular weight excluding hydrogens is 319 g/mol. The molecule has 0 fully saturated rings. The average Bonchev–Trinajstić information content (AvgIpc) is 2.46. The van der Waals surface area contributed by atoms with E-state index in [0.29, 0.717) is 13.2 Å². The summed E-state index contributed by atoms with van der Waals surface area (Å²) >= 11 is 3.43. The molecule has 0 N–H and O–H groups in total. The minimum absolute atomic E-state index is 0.202. The van der Waals surface area contributed by atoms with Crippen LogP contribution in [0.25, 0.3) is 0 Å². The van der Waals surface area contributed by atoms with Gasteiger partial charge in [-0.05, 0) is 35.7 Å². The van der Waals surface area contributed by atoms with Crippen LogP contribution < -0.4 is 0 Å². The highest BCUT2D eigenvalue weighted by Gasteiger charge is 2.14. The van der Waals surface area contributed by atoms with Crippen LogP contribution in [0.4, 0.5) is 4.39 Å². The molecule has 0 radical (unpaired) electrons. The van der Waals surface area contributed by atoms with Crippen LogP contribution in [-0.4, -0.2) is 13.3 Å². The molecule has 0 amide bonds. The summed E-state index contributed by atoms with van der Waals surface area (Å²) in [6.45, 7) is 2.51. The molecule has 0 aliphatic rings. The molecule has 2 aromatic rings. The molecule has 106 valence electrons. The van der Waals surface area contributed by atoms with Crippen molar-refractivity contribution < 1.29 is 9.13 Å². The number of ether oxygens (including phenoxy) is 1. The Morgan fingerprint density at radius 1 is 1.15 bits per heavy atom. The Hall–Kier alpha value is -1.19. The fourth-order valence-corrected chi connectivity index (χ4v) is 2.68. The van der Waals surface area contributed by atoms with Gasteiger partial charge >= 0.3 is 0 Å². The Labute approximate surface area is 127 Å². The maximum Gasteiger partial charge on any atom is 0.0985 e. The zero-order valence-corrected chi connectivity index (χ0v) is 13.1. The van der Waals surface area contributed by atoms with Crippen LogP contribution in [0, 0.1) is 6.92 Å². The standard InChI is InChI=1S/C17H18BrFO/c1-13-9-16(18)7-8-17(13)15(10-19)12-20-11-14-5-3-2-4-6-14/h2-9,15H,10-12H2,1H3/t15-/m0/s1. The maximum absolute atomic E-state index is 13.3. The van der Waals surface area contributed by atoms with Crippen molar-refractivity contribution >= 4 is 15.9 Å². The maximum atomic E-state index is 13.3. The molecule has 0 saturated carbocycles. The van der Waals surface area contributed by atoms with Crippen LogP contribution >= 0.6 is 15.9 Å². The zero-order chi connectivity index (χ0) is 14.4. The van der Waals surface area contributed by atoms with E-state index in [1.165, 1.54) is 0 Å². The molecule has 0 aromatic heterocycles. The van der Waals surface area contributed by atoms with Crippen molar-refractivity contribution in [3.63, 3.8) is 0 Å². The normalized spacial score (nSPS) is 12.3. The van der Waals surface area contributed by atoms with Gasteiger partial charge in [-0.1, -0.05) is 52.3 Å². The van der Waals surface area contributed by atoms with E-state index in [-0.39, 0.29) is 5.92 Å². The number of aryl methyl sites for hydroxylation is 1. The Morgan fingerprint density at radius 2 is 1.90 bits per heavy atom. The molecule has 20 heavy (non-hydrogen) atoms. The summed E-state index contributed by atoms with van der Waals surface area (Å²) in [6.07, 6.45) is 0. The van der Waals surface area contributed by atoms with Gasteiger partial charge in [-0.25, -0.2) is 0 Å². The average molecular weight is 337 g/mol. The quantitative estimate of drug-likeness (QED) is 0.719. The predicted octanol–water partition coefficient (Wildman–Crippen LogP) is 5.03. The van der Waals surface area contributed by atoms with Gasteiger partial charge in [0.15, 0.2) is 0 Å². The highest BCUT2D eigenvalue weighted by Crippen LogP contribution is 2.24. The first-order valence-corrected chi connectivity index (χ1v) is 7.43. The van der Waals surface area contributed by atoms with Crippen molar-refractivity contribution in [1.82, 2.24) is 0 Å². The van der Waals surface area contributed by atoms with Gasteiger partial charge in [0.2, 0.25) is 0 Å². The van der Waals surface area contributed by atoms with Gasteiger partial charge in [0.1, 0.15) is 0 Å². The van der Waals surface area contributed by atoms with Gasteiger partial charge in [0.25, 0.3) is 0 Å². The minimum Gasteiger partial charge on any atom is -0.376 e. The molecule has 0 aliphatic carbocycles. The first-order chi connectivity index (χ1) is 9.70. The summed E-state index contributed by atoms with van der Waals surface area (Å²) in [6, 6.07) is 15.9. The highest BCUT2D eigenvalue weighted by atomic mass is 79.9. The van der Waals surface area contributed by atoms with E-state index in [2.05, 4.69) is 15.9 Å². The van der Waals surface area contributed by atoms with Crippen molar-refractivity contribution in [2.75, 3.05) is 13.3 Å². The molecule has 2 aromatic carbocycles. The summed E-state index contributed by atoms with van der Waals surface area (Å²) in [5.41, 5.74) is 3.21. The second kappa shape index (κ2) is 7.55. The van der Waals surface area contributed by atoms with Gasteiger partial charge in [0.05, 0.1) is 19.9 Å². The molecule has 0 spiro atoms. The minimum atomic E-state index is -0.405. The first-order valence-electron chi connectivity index (χ1n) is 6.64. The SMILES string of the molecule is Cc1cc(Br)ccc1[C@@H](CF)COCc1ccccc1. The van der Waals surface area contributed by atoms with E-state index in [9.17, 15) is 4.39 Å². The summed E-state index contributed by atoms with van der Waals surface area (Å²) in [7, 11) is 0. The summed E-state index contributed by atoms with van der Waals surface area (Å²) in [5.74, 6) is -0.202. The second-order valence-corrected chi connectivity index (χ2v) is 5.77. The second-order valence-electron chi connectivity index (χ2n) is 4.85. The van der Waals surface area contributed by atoms with Gasteiger partial charge in [-0.3, -0.25) is 4.39 Å². The molecule has 0 saturated heterocycles. The lowest BCUT2D eigenvalue weighted by Crippen LogP contribution is -2.11. The molecule has 3 heteroatoms. The summed E-state index contributed by atoms with van der Waals surface area (Å²) in [4.78, 5) is 0. The number of rotatable bonds is 6. The smallest absolute Gasteiger partial charge is 0.0985 e. The van der Waals surface area contributed by atoms with Crippen LogP contribution in [0.3, 0.4) is 0 Å². The van der Waals surface area contributed by atoms with Crippen LogP contribution in [0.5, 0.6) is 0 Å². The third-order valence-electron chi connectivity index (χ3n) is 3.29. The Bertz CT molecular complexity index is 542. The number of halogens is 2. The molecule has 2 rings (SSSR count). The highest BCUT2D eigenvalue weighted by molar-refractivity contribution is 9.10.